The molecule has 0 bridgehead atoms. The van der Waals surface area contributed by atoms with Gasteiger partial charge in [0.25, 0.3) is 0 Å². The zero-order valence-corrected chi connectivity index (χ0v) is 10.7. The minimum atomic E-state index is 1.14. The zero-order chi connectivity index (χ0) is 12.3. The SMILES string of the molecule is CCCNC.c1ccc(-c2ccccc2)cc1. The van der Waals surface area contributed by atoms with E-state index in [9.17, 15) is 0 Å². The summed E-state index contributed by atoms with van der Waals surface area (Å²) < 4.78 is 0. The van der Waals surface area contributed by atoms with Gasteiger partial charge in [-0.1, -0.05) is 67.6 Å². The Bertz CT molecular complexity index is 341. The van der Waals surface area contributed by atoms with Crippen LogP contribution in [0.2, 0.25) is 0 Å². The lowest BCUT2D eigenvalue weighted by Gasteiger charge is -1.98. The summed E-state index contributed by atoms with van der Waals surface area (Å²) in [4.78, 5) is 0. The molecule has 0 atom stereocenters. The van der Waals surface area contributed by atoms with Gasteiger partial charge in [-0.15, -0.1) is 0 Å². The summed E-state index contributed by atoms with van der Waals surface area (Å²) in [7, 11) is 1.96. The Balaban J connectivity index is 0.000000249. The smallest absolute Gasteiger partial charge is 0.00546 e. The van der Waals surface area contributed by atoms with Crippen molar-refractivity contribution in [3.8, 4) is 11.1 Å². The van der Waals surface area contributed by atoms with Gasteiger partial charge in [0.15, 0.2) is 0 Å². The molecule has 0 aliphatic heterocycles. The van der Waals surface area contributed by atoms with Crippen LogP contribution in [0.4, 0.5) is 0 Å². The fourth-order valence-electron chi connectivity index (χ4n) is 1.51. The third kappa shape index (κ3) is 5.32. The van der Waals surface area contributed by atoms with Crippen molar-refractivity contribution in [2.24, 2.45) is 0 Å². The first-order chi connectivity index (χ1) is 8.38. The fraction of sp³-hybridized carbons (Fsp3) is 0.250. The molecule has 1 heteroatoms. The highest BCUT2D eigenvalue weighted by Gasteiger charge is 1.91. The van der Waals surface area contributed by atoms with Crippen molar-refractivity contribution in [2.45, 2.75) is 13.3 Å². The van der Waals surface area contributed by atoms with Crippen LogP contribution in [-0.4, -0.2) is 13.6 Å². The summed E-state index contributed by atoms with van der Waals surface area (Å²) in [6.07, 6.45) is 1.23. The molecular formula is C16H21N. The molecule has 17 heavy (non-hydrogen) atoms. The molecule has 0 radical (unpaired) electrons. The van der Waals surface area contributed by atoms with Gasteiger partial charge in [0.05, 0.1) is 0 Å². The number of rotatable bonds is 3. The average molecular weight is 227 g/mol. The molecule has 0 spiro atoms. The summed E-state index contributed by atoms with van der Waals surface area (Å²) >= 11 is 0. The van der Waals surface area contributed by atoms with E-state index in [0.29, 0.717) is 0 Å². The molecule has 0 fully saturated rings. The second-order valence-electron chi connectivity index (χ2n) is 3.84. The lowest BCUT2D eigenvalue weighted by molar-refractivity contribution is 0.772. The Morgan fingerprint density at radius 1 is 0.765 bits per heavy atom. The van der Waals surface area contributed by atoms with Gasteiger partial charge in [-0.3, -0.25) is 0 Å². The van der Waals surface area contributed by atoms with Gasteiger partial charge >= 0.3 is 0 Å². The van der Waals surface area contributed by atoms with Crippen molar-refractivity contribution in [3.05, 3.63) is 60.7 Å². The molecule has 0 aromatic heterocycles. The Kier molecular flexibility index (Phi) is 6.76. The Morgan fingerprint density at radius 2 is 1.18 bits per heavy atom. The van der Waals surface area contributed by atoms with Gasteiger partial charge in [-0.2, -0.15) is 0 Å². The molecular weight excluding hydrogens is 206 g/mol. The van der Waals surface area contributed by atoms with E-state index in [2.05, 4.69) is 60.8 Å². The maximum atomic E-state index is 3.02. The minimum Gasteiger partial charge on any atom is -0.320 e. The van der Waals surface area contributed by atoms with Crippen LogP contribution < -0.4 is 5.32 Å². The lowest BCUT2D eigenvalue weighted by atomic mass is 10.1. The van der Waals surface area contributed by atoms with Crippen molar-refractivity contribution in [2.75, 3.05) is 13.6 Å². The topological polar surface area (TPSA) is 12.0 Å². The number of nitrogens with one attached hydrogen (secondary N) is 1. The Labute approximate surface area is 105 Å². The highest BCUT2D eigenvalue weighted by Crippen LogP contribution is 2.17. The molecule has 0 amide bonds. The predicted molar refractivity (Wildman–Crippen MR) is 76.1 cm³/mol. The molecule has 2 rings (SSSR count). The molecule has 2 aromatic carbocycles. The molecule has 0 aliphatic carbocycles. The van der Waals surface area contributed by atoms with Crippen molar-refractivity contribution in [3.63, 3.8) is 0 Å². The first-order valence-electron chi connectivity index (χ1n) is 6.13. The quantitative estimate of drug-likeness (QED) is 0.836. The predicted octanol–water partition coefficient (Wildman–Crippen LogP) is 3.97. The van der Waals surface area contributed by atoms with Crippen LogP contribution in [0.5, 0.6) is 0 Å². The number of benzene rings is 2. The van der Waals surface area contributed by atoms with Crippen LogP contribution >= 0.6 is 0 Å². The molecule has 0 aliphatic rings. The van der Waals surface area contributed by atoms with Crippen LogP contribution in [0.15, 0.2) is 60.7 Å². The van der Waals surface area contributed by atoms with Crippen molar-refractivity contribution in [1.82, 2.24) is 5.32 Å². The van der Waals surface area contributed by atoms with E-state index in [1.807, 2.05) is 19.2 Å². The van der Waals surface area contributed by atoms with Crippen LogP contribution in [-0.2, 0) is 0 Å². The maximum Gasteiger partial charge on any atom is -0.00546 e. The van der Waals surface area contributed by atoms with Crippen LogP contribution in [0.25, 0.3) is 11.1 Å². The van der Waals surface area contributed by atoms with Gasteiger partial charge in [0, 0.05) is 0 Å². The first-order valence-corrected chi connectivity index (χ1v) is 6.13. The summed E-state index contributed by atoms with van der Waals surface area (Å²) in [5.74, 6) is 0. The van der Waals surface area contributed by atoms with E-state index >= 15 is 0 Å². The van der Waals surface area contributed by atoms with Gasteiger partial charge < -0.3 is 5.32 Å². The number of hydrogen-bond acceptors (Lipinski definition) is 1. The Hall–Kier alpha value is -1.60. The molecule has 0 heterocycles. The summed E-state index contributed by atoms with van der Waals surface area (Å²) in [5, 5.41) is 3.02. The highest BCUT2D eigenvalue weighted by molar-refractivity contribution is 5.62. The van der Waals surface area contributed by atoms with Crippen molar-refractivity contribution < 1.29 is 0 Å². The van der Waals surface area contributed by atoms with Gasteiger partial charge in [-0.25, -0.2) is 0 Å². The van der Waals surface area contributed by atoms with E-state index in [-0.39, 0.29) is 0 Å². The molecule has 1 N–H and O–H groups in total. The minimum absolute atomic E-state index is 1.14. The summed E-state index contributed by atoms with van der Waals surface area (Å²) in [6.45, 7) is 3.29. The third-order valence-corrected chi connectivity index (χ3v) is 2.38. The highest BCUT2D eigenvalue weighted by atomic mass is 14.8. The van der Waals surface area contributed by atoms with Crippen LogP contribution in [0, 0.1) is 0 Å². The molecule has 0 saturated heterocycles. The standard InChI is InChI=1S/C12H10.C4H11N/c1-3-7-11(8-4-1)12-9-5-2-6-10-12;1-3-4-5-2/h1-10H;5H,3-4H2,1-2H3. The van der Waals surface area contributed by atoms with E-state index in [1.54, 1.807) is 0 Å². The van der Waals surface area contributed by atoms with Crippen LogP contribution in [0.1, 0.15) is 13.3 Å². The van der Waals surface area contributed by atoms with Crippen LogP contribution in [0.3, 0.4) is 0 Å². The van der Waals surface area contributed by atoms with Crippen molar-refractivity contribution in [1.29, 1.82) is 0 Å². The fourth-order valence-corrected chi connectivity index (χ4v) is 1.51. The van der Waals surface area contributed by atoms with Crippen molar-refractivity contribution >= 4 is 0 Å². The first kappa shape index (κ1) is 13.5. The second kappa shape index (κ2) is 8.54. The zero-order valence-electron chi connectivity index (χ0n) is 10.7. The van der Waals surface area contributed by atoms with Gasteiger partial charge in [0.2, 0.25) is 0 Å². The molecule has 90 valence electrons. The van der Waals surface area contributed by atoms with E-state index in [1.165, 1.54) is 17.5 Å². The molecule has 2 aromatic rings. The average Bonchev–Trinajstić information content (AvgIpc) is 2.42. The molecule has 0 unspecified atom stereocenters. The second-order valence-corrected chi connectivity index (χ2v) is 3.84. The van der Waals surface area contributed by atoms with E-state index < -0.39 is 0 Å². The molecule has 0 saturated carbocycles. The number of hydrogen-bond donors (Lipinski definition) is 1. The summed E-state index contributed by atoms with van der Waals surface area (Å²) in [6, 6.07) is 20.8. The van der Waals surface area contributed by atoms with Gasteiger partial charge in [0.1, 0.15) is 0 Å². The Morgan fingerprint density at radius 3 is 1.41 bits per heavy atom. The summed E-state index contributed by atoms with van der Waals surface area (Å²) in [5.41, 5.74) is 2.55. The maximum absolute atomic E-state index is 3.02. The molecule has 1 nitrogen and oxygen atoms in total. The monoisotopic (exact) mass is 227 g/mol. The largest absolute Gasteiger partial charge is 0.320 e. The third-order valence-electron chi connectivity index (χ3n) is 2.38. The van der Waals surface area contributed by atoms with Gasteiger partial charge in [-0.05, 0) is 31.1 Å². The normalized spacial score (nSPS) is 9.29. The lowest BCUT2D eigenvalue weighted by Crippen LogP contribution is -2.04. The van der Waals surface area contributed by atoms with E-state index in [4.69, 9.17) is 0 Å². The van der Waals surface area contributed by atoms with E-state index in [0.717, 1.165) is 6.54 Å².